The van der Waals surface area contributed by atoms with Gasteiger partial charge in [-0.1, -0.05) is 13.8 Å². The van der Waals surface area contributed by atoms with Crippen molar-refractivity contribution in [3.05, 3.63) is 35.1 Å². The van der Waals surface area contributed by atoms with E-state index in [0.717, 1.165) is 6.54 Å². The van der Waals surface area contributed by atoms with Crippen molar-refractivity contribution >= 4 is 0 Å². The zero-order chi connectivity index (χ0) is 7.82. The molecule has 0 radical (unpaired) electrons. The summed E-state index contributed by atoms with van der Waals surface area (Å²) in [6, 6.07) is 8.24. The molecule has 0 aromatic heterocycles. The minimum absolute atomic E-state index is 0. The van der Waals surface area contributed by atoms with Crippen molar-refractivity contribution < 1.29 is 68.0 Å². The first kappa shape index (κ1) is 19.2. The minimum atomic E-state index is 0. The van der Waals surface area contributed by atoms with Gasteiger partial charge in [-0.2, -0.15) is 31.3 Å². The van der Waals surface area contributed by atoms with E-state index in [1.54, 1.807) is 7.05 Å². The molecule has 0 spiro atoms. The molecule has 0 aliphatic carbocycles. The van der Waals surface area contributed by atoms with E-state index >= 15 is 0 Å². The van der Waals surface area contributed by atoms with E-state index < -0.39 is 0 Å². The van der Waals surface area contributed by atoms with E-state index in [0.29, 0.717) is 0 Å². The molecule has 0 saturated carbocycles. The summed E-state index contributed by atoms with van der Waals surface area (Å²) in [5.74, 6) is 0. The van der Waals surface area contributed by atoms with Crippen LogP contribution < -0.4 is 0 Å². The zero-order valence-corrected chi connectivity index (χ0v) is 13.6. The van der Waals surface area contributed by atoms with Crippen LogP contribution in [-0.2, 0) is 26.2 Å². The zero-order valence-electron chi connectivity index (χ0n) is 7.96. The van der Waals surface area contributed by atoms with Crippen LogP contribution >= 0.6 is 0 Å². The standard InChI is InChI=1S/C6H7.C3H8N.Ce.Zr/c1-6-4-2-3-5-6;1-3-4-2;;/h2-5H,1H3;3H2,1-2H3;;/q2*-1;;+2. The Bertz CT molecular complexity index is 138. The SMILES string of the molecule is CC[N-]C.C[c-]1cccc1.[Ce].[Zr+2]. The maximum atomic E-state index is 3.74. The molecular formula is C9H15CeNZr. The van der Waals surface area contributed by atoms with Gasteiger partial charge in [0, 0.05) is 41.7 Å². The van der Waals surface area contributed by atoms with E-state index in [4.69, 9.17) is 0 Å². The average molecular weight is 369 g/mol. The molecule has 0 saturated heterocycles. The Morgan fingerprint density at radius 3 is 1.67 bits per heavy atom. The van der Waals surface area contributed by atoms with Gasteiger partial charge in [-0.15, -0.1) is 0 Å². The summed E-state index contributed by atoms with van der Waals surface area (Å²) in [5, 5.41) is 3.74. The molecule has 0 unspecified atom stereocenters. The van der Waals surface area contributed by atoms with Gasteiger partial charge in [-0.25, -0.2) is 12.1 Å². The molecule has 1 nitrogen and oxygen atoms in total. The van der Waals surface area contributed by atoms with Gasteiger partial charge in [0.05, 0.1) is 0 Å². The fourth-order valence-corrected chi connectivity index (χ4v) is 0.470. The summed E-state index contributed by atoms with van der Waals surface area (Å²) in [6.45, 7) is 5.04. The van der Waals surface area contributed by atoms with Crippen molar-refractivity contribution in [1.29, 1.82) is 0 Å². The molecule has 0 aliphatic heterocycles. The molecule has 3 heteroatoms. The van der Waals surface area contributed by atoms with Gasteiger partial charge < -0.3 is 5.32 Å². The van der Waals surface area contributed by atoms with Crippen molar-refractivity contribution in [2.45, 2.75) is 13.8 Å². The van der Waals surface area contributed by atoms with Crippen LogP contribution in [0.1, 0.15) is 12.5 Å². The fourth-order valence-electron chi connectivity index (χ4n) is 0.470. The molecule has 12 heavy (non-hydrogen) atoms. The maximum Gasteiger partial charge on any atom is 2.00 e. The van der Waals surface area contributed by atoms with Gasteiger partial charge in [0.25, 0.3) is 0 Å². The largest absolute Gasteiger partial charge is 2.00 e. The maximum absolute atomic E-state index is 3.74. The Hall–Kier alpha value is 1.57. The molecule has 0 fully saturated rings. The Morgan fingerprint density at radius 2 is 1.58 bits per heavy atom. The van der Waals surface area contributed by atoms with E-state index in [2.05, 4.69) is 24.4 Å². The van der Waals surface area contributed by atoms with Gasteiger partial charge >= 0.3 is 26.2 Å². The topological polar surface area (TPSA) is 14.1 Å². The summed E-state index contributed by atoms with van der Waals surface area (Å²) in [6.07, 6.45) is 0. The monoisotopic (exact) mass is 367 g/mol. The van der Waals surface area contributed by atoms with Crippen molar-refractivity contribution in [1.82, 2.24) is 0 Å². The summed E-state index contributed by atoms with van der Waals surface area (Å²) in [4.78, 5) is 0. The number of hydrogen-bond acceptors (Lipinski definition) is 0. The number of rotatable bonds is 1. The van der Waals surface area contributed by atoms with Crippen LogP contribution in [-0.4, -0.2) is 13.6 Å². The second kappa shape index (κ2) is 15.1. The summed E-state index contributed by atoms with van der Waals surface area (Å²) in [7, 11) is 1.81. The van der Waals surface area contributed by atoms with Crippen LogP contribution in [0.5, 0.6) is 0 Å². The van der Waals surface area contributed by atoms with E-state index in [9.17, 15) is 0 Å². The summed E-state index contributed by atoms with van der Waals surface area (Å²) in [5.41, 5.74) is 1.34. The van der Waals surface area contributed by atoms with Gasteiger partial charge in [0.2, 0.25) is 0 Å². The Kier molecular flexibility index (Phi) is 24.1. The van der Waals surface area contributed by atoms with Gasteiger partial charge in [-0.3, -0.25) is 0 Å². The number of aryl methyl sites for hydroxylation is 1. The number of hydrogen-bond donors (Lipinski definition) is 0. The quantitative estimate of drug-likeness (QED) is 0.677. The van der Waals surface area contributed by atoms with Crippen LogP contribution in [0.25, 0.3) is 5.32 Å². The van der Waals surface area contributed by atoms with Crippen molar-refractivity contribution in [3.8, 4) is 0 Å². The molecule has 0 bridgehead atoms. The molecule has 0 amide bonds. The normalized spacial score (nSPS) is 6.92. The van der Waals surface area contributed by atoms with Gasteiger partial charge in [0.1, 0.15) is 0 Å². The van der Waals surface area contributed by atoms with Crippen LogP contribution in [0.15, 0.2) is 24.3 Å². The van der Waals surface area contributed by atoms with Gasteiger partial charge in [-0.05, 0) is 0 Å². The Labute approximate surface area is 129 Å². The van der Waals surface area contributed by atoms with Crippen molar-refractivity contribution in [2.75, 3.05) is 13.6 Å². The molecule has 0 N–H and O–H groups in total. The third kappa shape index (κ3) is 14.1. The summed E-state index contributed by atoms with van der Waals surface area (Å²) < 4.78 is 0. The summed E-state index contributed by atoms with van der Waals surface area (Å²) >= 11 is 0. The van der Waals surface area contributed by atoms with E-state index in [1.807, 2.05) is 19.1 Å². The first-order valence-corrected chi connectivity index (χ1v) is 3.55. The predicted molar refractivity (Wildman–Crippen MR) is 46.6 cm³/mol. The minimum Gasteiger partial charge on any atom is -0.665 e. The molecule has 64 valence electrons. The Balaban J connectivity index is -0.000000124. The average Bonchev–Trinajstić information content (AvgIpc) is 2.40. The number of nitrogens with zero attached hydrogens (tertiary/aromatic N) is 1. The first-order chi connectivity index (χ1) is 4.81. The molecule has 0 atom stereocenters. The van der Waals surface area contributed by atoms with Crippen LogP contribution in [0.3, 0.4) is 0 Å². The van der Waals surface area contributed by atoms with Crippen LogP contribution in [0.4, 0.5) is 0 Å². The van der Waals surface area contributed by atoms with Crippen LogP contribution in [0.2, 0.25) is 0 Å². The van der Waals surface area contributed by atoms with Crippen molar-refractivity contribution in [3.63, 3.8) is 0 Å². The molecule has 1 aromatic rings. The smallest absolute Gasteiger partial charge is 0.665 e. The third-order valence-electron chi connectivity index (χ3n) is 1.15. The third-order valence-corrected chi connectivity index (χ3v) is 1.15. The van der Waals surface area contributed by atoms with Gasteiger partial charge in [0.15, 0.2) is 0 Å². The van der Waals surface area contributed by atoms with E-state index in [1.165, 1.54) is 5.56 Å². The molecule has 0 aliphatic rings. The van der Waals surface area contributed by atoms with E-state index in [-0.39, 0.29) is 68.0 Å². The molecular weight excluding hydrogens is 353 g/mol. The fraction of sp³-hybridized carbons (Fsp3) is 0.444. The first-order valence-electron chi connectivity index (χ1n) is 3.55. The van der Waals surface area contributed by atoms with Crippen molar-refractivity contribution in [2.24, 2.45) is 0 Å². The molecule has 1 aromatic carbocycles. The predicted octanol–water partition coefficient (Wildman–Crippen LogP) is 2.72. The second-order valence-corrected chi connectivity index (χ2v) is 2.09. The Morgan fingerprint density at radius 1 is 1.25 bits per heavy atom. The van der Waals surface area contributed by atoms with Crippen LogP contribution in [0, 0.1) is 48.7 Å². The second-order valence-electron chi connectivity index (χ2n) is 2.09. The molecule has 1 rings (SSSR count). The molecule has 0 heterocycles.